The van der Waals surface area contributed by atoms with Crippen molar-refractivity contribution in [1.29, 1.82) is 0 Å². The summed E-state index contributed by atoms with van der Waals surface area (Å²) in [6, 6.07) is 0. The second kappa shape index (κ2) is 3.95. The van der Waals surface area contributed by atoms with Gasteiger partial charge in [0, 0.05) is 0 Å². The summed E-state index contributed by atoms with van der Waals surface area (Å²) in [4.78, 5) is 7.05. The van der Waals surface area contributed by atoms with Crippen molar-refractivity contribution in [1.82, 2.24) is 9.97 Å². The van der Waals surface area contributed by atoms with Crippen LogP contribution in [0.25, 0.3) is 5.76 Å². The standard InChI is InChI=1S/C9H10BrClN2O/c1-14-7(5-3-2-4-5)6-8(10)13-9(11)12-6/h2-4H2,1H3,(H,12,13). The molecule has 1 heterocycles. The molecular weight excluding hydrogens is 267 g/mol. The van der Waals surface area contributed by atoms with Gasteiger partial charge in [-0.2, -0.15) is 0 Å². The van der Waals surface area contributed by atoms with Gasteiger partial charge in [0.25, 0.3) is 0 Å². The zero-order valence-corrected chi connectivity index (χ0v) is 10.1. The van der Waals surface area contributed by atoms with Gasteiger partial charge in [0.1, 0.15) is 16.1 Å². The number of nitrogens with zero attached hydrogens (tertiary/aromatic N) is 1. The van der Waals surface area contributed by atoms with Gasteiger partial charge in [-0.15, -0.1) is 0 Å². The molecule has 0 atom stereocenters. The molecule has 0 amide bonds. The number of aromatic nitrogens is 2. The summed E-state index contributed by atoms with van der Waals surface area (Å²) in [6.45, 7) is 0. The van der Waals surface area contributed by atoms with Gasteiger partial charge in [-0.3, -0.25) is 0 Å². The maximum Gasteiger partial charge on any atom is 0.201 e. The smallest absolute Gasteiger partial charge is 0.201 e. The summed E-state index contributed by atoms with van der Waals surface area (Å²) in [5.41, 5.74) is 2.09. The molecule has 1 aromatic heterocycles. The summed E-state index contributed by atoms with van der Waals surface area (Å²) >= 11 is 9.12. The predicted octanol–water partition coefficient (Wildman–Crippen LogP) is 3.37. The fourth-order valence-electron chi connectivity index (χ4n) is 1.46. The molecule has 2 rings (SSSR count). The van der Waals surface area contributed by atoms with Gasteiger partial charge in [0.15, 0.2) is 0 Å². The van der Waals surface area contributed by atoms with E-state index in [0.29, 0.717) is 5.28 Å². The molecule has 1 aromatic rings. The second-order valence-corrected chi connectivity index (χ2v) is 4.33. The Hall–Kier alpha value is -0.480. The van der Waals surface area contributed by atoms with Crippen molar-refractivity contribution in [2.24, 2.45) is 0 Å². The van der Waals surface area contributed by atoms with E-state index in [-0.39, 0.29) is 0 Å². The van der Waals surface area contributed by atoms with E-state index < -0.39 is 0 Å². The Morgan fingerprint density at radius 1 is 1.57 bits per heavy atom. The fraction of sp³-hybridized carbons (Fsp3) is 0.444. The van der Waals surface area contributed by atoms with Crippen LogP contribution in [0, 0.1) is 0 Å². The van der Waals surface area contributed by atoms with E-state index in [4.69, 9.17) is 16.3 Å². The number of allylic oxidation sites excluding steroid dienone is 1. The predicted molar refractivity (Wildman–Crippen MR) is 59.1 cm³/mol. The van der Waals surface area contributed by atoms with Gasteiger partial charge in [-0.05, 0) is 52.4 Å². The van der Waals surface area contributed by atoms with E-state index in [9.17, 15) is 0 Å². The summed E-state index contributed by atoms with van der Waals surface area (Å²) in [7, 11) is 1.66. The molecule has 0 radical (unpaired) electrons. The van der Waals surface area contributed by atoms with Crippen molar-refractivity contribution >= 4 is 33.3 Å². The van der Waals surface area contributed by atoms with Crippen LogP contribution in [-0.4, -0.2) is 17.1 Å². The molecule has 0 aliphatic heterocycles. The number of aromatic amines is 1. The third kappa shape index (κ3) is 1.68. The molecule has 0 bridgehead atoms. The molecule has 1 aliphatic rings. The van der Waals surface area contributed by atoms with E-state index in [0.717, 1.165) is 28.9 Å². The molecule has 3 nitrogen and oxygen atoms in total. The Labute approximate surface area is 95.6 Å². The minimum absolute atomic E-state index is 0.376. The quantitative estimate of drug-likeness (QED) is 0.842. The lowest BCUT2D eigenvalue weighted by molar-refractivity contribution is 0.357. The van der Waals surface area contributed by atoms with E-state index >= 15 is 0 Å². The van der Waals surface area contributed by atoms with Crippen LogP contribution in [0.3, 0.4) is 0 Å². The Bertz CT molecular complexity index is 380. The normalized spacial score (nSPS) is 15.2. The largest absolute Gasteiger partial charge is 0.494 e. The van der Waals surface area contributed by atoms with Gasteiger partial charge in [-0.25, -0.2) is 4.98 Å². The summed E-state index contributed by atoms with van der Waals surface area (Å²) in [5, 5.41) is 0.376. The number of hydrogen-bond acceptors (Lipinski definition) is 2. The Balaban J connectivity index is 2.41. The SMILES string of the molecule is COC(=C1CCC1)c1nc(Cl)[nH]c1Br. The van der Waals surface area contributed by atoms with Crippen LogP contribution in [0.15, 0.2) is 10.2 Å². The van der Waals surface area contributed by atoms with E-state index in [2.05, 4.69) is 25.9 Å². The van der Waals surface area contributed by atoms with E-state index in [1.54, 1.807) is 7.11 Å². The van der Waals surface area contributed by atoms with Gasteiger partial charge in [-0.1, -0.05) is 0 Å². The molecule has 0 saturated heterocycles. The lowest BCUT2D eigenvalue weighted by atomic mass is 9.90. The van der Waals surface area contributed by atoms with Crippen LogP contribution in [0.1, 0.15) is 25.0 Å². The minimum atomic E-state index is 0.376. The van der Waals surface area contributed by atoms with Crippen molar-refractivity contribution in [3.63, 3.8) is 0 Å². The Kier molecular flexibility index (Phi) is 2.83. The monoisotopic (exact) mass is 276 g/mol. The van der Waals surface area contributed by atoms with Crippen molar-refractivity contribution in [3.8, 4) is 0 Å². The summed E-state index contributed by atoms with van der Waals surface area (Å²) in [6.07, 6.45) is 3.43. The first kappa shape index (κ1) is 10.1. The molecule has 1 N–H and O–H groups in total. The molecule has 76 valence electrons. The first-order valence-electron chi connectivity index (χ1n) is 4.39. The number of H-pyrrole nitrogens is 1. The van der Waals surface area contributed by atoms with Crippen molar-refractivity contribution < 1.29 is 4.74 Å². The molecule has 1 saturated carbocycles. The highest BCUT2D eigenvalue weighted by molar-refractivity contribution is 9.10. The molecule has 1 aliphatic carbocycles. The van der Waals surface area contributed by atoms with Crippen molar-refractivity contribution in [3.05, 3.63) is 21.2 Å². The number of methoxy groups -OCH3 is 1. The van der Waals surface area contributed by atoms with Crippen LogP contribution in [0.2, 0.25) is 5.28 Å². The highest BCUT2D eigenvalue weighted by Gasteiger charge is 2.21. The van der Waals surface area contributed by atoms with Gasteiger partial charge < -0.3 is 9.72 Å². The lowest BCUT2D eigenvalue weighted by Gasteiger charge is -2.20. The van der Waals surface area contributed by atoms with E-state index in [1.165, 1.54) is 12.0 Å². The Morgan fingerprint density at radius 3 is 2.64 bits per heavy atom. The van der Waals surface area contributed by atoms with Crippen LogP contribution < -0.4 is 0 Å². The molecule has 5 heteroatoms. The summed E-state index contributed by atoms with van der Waals surface area (Å²) < 4.78 is 6.12. The number of imidazole rings is 1. The average molecular weight is 278 g/mol. The molecule has 1 fully saturated rings. The number of rotatable bonds is 2. The second-order valence-electron chi connectivity index (χ2n) is 3.18. The highest BCUT2D eigenvalue weighted by Crippen LogP contribution is 2.35. The third-order valence-corrected chi connectivity index (χ3v) is 3.08. The van der Waals surface area contributed by atoms with Crippen LogP contribution >= 0.6 is 27.5 Å². The fourth-order valence-corrected chi connectivity index (χ4v) is 2.21. The number of ether oxygens (including phenoxy) is 1. The van der Waals surface area contributed by atoms with Crippen LogP contribution in [0.4, 0.5) is 0 Å². The first-order valence-corrected chi connectivity index (χ1v) is 5.57. The summed E-state index contributed by atoms with van der Waals surface area (Å²) in [5.74, 6) is 0.853. The maximum atomic E-state index is 5.76. The minimum Gasteiger partial charge on any atom is -0.494 e. The van der Waals surface area contributed by atoms with E-state index in [1.807, 2.05) is 0 Å². The van der Waals surface area contributed by atoms with Gasteiger partial charge in [0.2, 0.25) is 5.28 Å². The zero-order valence-electron chi connectivity index (χ0n) is 7.73. The lowest BCUT2D eigenvalue weighted by Crippen LogP contribution is -2.03. The topological polar surface area (TPSA) is 37.9 Å². The molecule has 0 spiro atoms. The zero-order chi connectivity index (χ0) is 10.1. The molecular formula is C9H10BrClN2O. The molecule has 0 aromatic carbocycles. The van der Waals surface area contributed by atoms with Crippen molar-refractivity contribution in [2.45, 2.75) is 19.3 Å². The molecule has 14 heavy (non-hydrogen) atoms. The maximum absolute atomic E-state index is 5.76. The van der Waals surface area contributed by atoms with Crippen LogP contribution in [-0.2, 0) is 4.74 Å². The number of halogens is 2. The number of hydrogen-bond donors (Lipinski definition) is 1. The van der Waals surface area contributed by atoms with Crippen LogP contribution in [0.5, 0.6) is 0 Å². The highest BCUT2D eigenvalue weighted by atomic mass is 79.9. The first-order chi connectivity index (χ1) is 6.72. The van der Waals surface area contributed by atoms with Crippen molar-refractivity contribution in [2.75, 3.05) is 7.11 Å². The van der Waals surface area contributed by atoms with Gasteiger partial charge in [0.05, 0.1) is 7.11 Å². The average Bonchev–Trinajstić information content (AvgIpc) is 2.37. The third-order valence-electron chi connectivity index (χ3n) is 2.33. The number of nitrogens with one attached hydrogen (secondary N) is 1. The Morgan fingerprint density at radius 2 is 2.29 bits per heavy atom. The van der Waals surface area contributed by atoms with Gasteiger partial charge >= 0.3 is 0 Å². The molecule has 0 unspecified atom stereocenters.